The van der Waals surface area contributed by atoms with Crippen molar-refractivity contribution in [2.75, 3.05) is 13.7 Å². The Morgan fingerprint density at radius 2 is 2.00 bits per heavy atom. The molecular formula is C15H20ClNO3. The smallest absolute Gasteiger partial charge is 0.305 e. The van der Waals surface area contributed by atoms with Crippen LogP contribution in [0.4, 0.5) is 0 Å². The molecule has 1 N–H and O–H groups in total. The SMILES string of the molecule is COC(=O)CCCCCNC(=O)c1ccc(C)cc1Cl. The van der Waals surface area contributed by atoms with E-state index in [4.69, 9.17) is 11.6 Å². The minimum absolute atomic E-state index is 0.164. The van der Waals surface area contributed by atoms with E-state index in [0.717, 1.165) is 24.8 Å². The summed E-state index contributed by atoms with van der Waals surface area (Å²) in [6.07, 6.45) is 2.89. The van der Waals surface area contributed by atoms with Gasteiger partial charge in [-0.2, -0.15) is 0 Å². The second kappa shape index (κ2) is 8.59. The summed E-state index contributed by atoms with van der Waals surface area (Å²) >= 11 is 6.03. The number of aryl methyl sites for hydroxylation is 1. The third-order valence-electron chi connectivity index (χ3n) is 2.94. The fourth-order valence-corrected chi connectivity index (χ4v) is 2.10. The Bertz CT molecular complexity index is 474. The van der Waals surface area contributed by atoms with Crippen molar-refractivity contribution in [2.45, 2.75) is 32.6 Å². The van der Waals surface area contributed by atoms with Crippen molar-refractivity contribution in [3.05, 3.63) is 34.3 Å². The molecule has 0 fully saturated rings. The molecule has 1 amide bonds. The van der Waals surface area contributed by atoms with E-state index in [1.165, 1.54) is 7.11 Å². The first-order chi connectivity index (χ1) is 9.54. The molecule has 0 radical (unpaired) electrons. The van der Waals surface area contributed by atoms with Crippen LogP contribution in [-0.2, 0) is 9.53 Å². The summed E-state index contributed by atoms with van der Waals surface area (Å²) in [7, 11) is 1.38. The number of methoxy groups -OCH3 is 1. The van der Waals surface area contributed by atoms with Gasteiger partial charge in [-0.05, 0) is 37.5 Å². The van der Waals surface area contributed by atoms with Crippen molar-refractivity contribution in [3.8, 4) is 0 Å². The second-order valence-corrected chi connectivity index (χ2v) is 5.03. The Morgan fingerprint density at radius 3 is 2.65 bits per heavy atom. The van der Waals surface area contributed by atoms with E-state index >= 15 is 0 Å². The molecule has 1 aromatic carbocycles. The first-order valence-corrected chi connectivity index (χ1v) is 7.03. The molecule has 0 spiro atoms. The highest BCUT2D eigenvalue weighted by Crippen LogP contribution is 2.17. The van der Waals surface area contributed by atoms with Crippen LogP contribution < -0.4 is 5.32 Å². The highest BCUT2D eigenvalue weighted by molar-refractivity contribution is 6.33. The lowest BCUT2D eigenvalue weighted by atomic mass is 10.1. The molecule has 0 unspecified atom stereocenters. The van der Waals surface area contributed by atoms with Crippen LogP contribution in [0.1, 0.15) is 41.6 Å². The lowest BCUT2D eigenvalue weighted by Crippen LogP contribution is -2.24. The van der Waals surface area contributed by atoms with Gasteiger partial charge in [-0.15, -0.1) is 0 Å². The Morgan fingerprint density at radius 1 is 1.25 bits per heavy atom. The molecule has 0 aromatic heterocycles. The summed E-state index contributed by atoms with van der Waals surface area (Å²) in [6, 6.07) is 5.36. The van der Waals surface area contributed by atoms with Crippen molar-refractivity contribution >= 4 is 23.5 Å². The van der Waals surface area contributed by atoms with Crippen molar-refractivity contribution in [3.63, 3.8) is 0 Å². The van der Waals surface area contributed by atoms with E-state index < -0.39 is 0 Å². The number of carbonyl (C=O) groups is 2. The van der Waals surface area contributed by atoms with Gasteiger partial charge in [0.2, 0.25) is 0 Å². The fourth-order valence-electron chi connectivity index (χ4n) is 1.77. The van der Waals surface area contributed by atoms with Gasteiger partial charge in [0.1, 0.15) is 0 Å². The van der Waals surface area contributed by atoms with Crippen LogP contribution in [0, 0.1) is 6.92 Å². The van der Waals surface area contributed by atoms with Crippen LogP contribution in [0.15, 0.2) is 18.2 Å². The first kappa shape index (κ1) is 16.5. The molecule has 0 atom stereocenters. The standard InChI is InChI=1S/C15H20ClNO3/c1-11-7-8-12(13(16)10-11)15(19)17-9-5-3-4-6-14(18)20-2/h7-8,10H,3-6,9H2,1-2H3,(H,17,19). The van der Waals surface area contributed by atoms with Crippen LogP contribution in [0.2, 0.25) is 5.02 Å². The maximum atomic E-state index is 11.9. The molecular weight excluding hydrogens is 278 g/mol. The van der Waals surface area contributed by atoms with Gasteiger partial charge >= 0.3 is 5.97 Å². The molecule has 0 saturated heterocycles. The fraction of sp³-hybridized carbons (Fsp3) is 0.467. The minimum atomic E-state index is -0.194. The summed E-state index contributed by atoms with van der Waals surface area (Å²) in [5, 5.41) is 3.29. The van der Waals surface area contributed by atoms with Gasteiger partial charge in [0, 0.05) is 13.0 Å². The van der Waals surface area contributed by atoms with E-state index in [9.17, 15) is 9.59 Å². The lowest BCUT2D eigenvalue weighted by Gasteiger charge is -2.07. The topological polar surface area (TPSA) is 55.4 Å². The Hall–Kier alpha value is -1.55. The van der Waals surface area contributed by atoms with Gasteiger partial charge in [-0.3, -0.25) is 9.59 Å². The summed E-state index contributed by atoms with van der Waals surface area (Å²) in [4.78, 5) is 22.8. The quantitative estimate of drug-likeness (QED) is 0.621. The number of unbranched alkanes of at least 4 members (excludes halogenated alkanes) is 2. The van der Waals surface area contributed by atoms with E-state index in [2.05, 4.69) is 10.1 Å². The van der Waals surface area contributed by atoms with Crippen molar-refractivity contribution in [1.29, 1.82) is 0 Å². The van der Waals surface area contributed by atoms with Crippen molar-refractivity contribution in [1.82, 2.24) is 5.32 Å². The summed E-state index contributed by atoms with van der Waals surface area (Å²) in [6.45, 7) is 2.50. The Labute approximate surface area is 124 Å². The third kappa shape index (κ3) is 5.61. The van der Waals surface area contributed by atoms with E-state index in [-0.39, 0.29) is 11.9 Å². The number of amides is 1. The number of hydrogen-bond donors (Lipinski definition) is 1. The zero-order valence-corrected chi connectivity index (χ0v) is 12.6. The van der Waals surface area contributed by atoms with E-state index in [1.54, 1.807) is 12.1 Å². The zero-order chi connectivity index (χ0) is 15.0. The first-order valence-electron chi connectivity index (χ1n) is 6.65. The van der Waals surface area contributed by atoms with Crippen molar-refractivity contribution < 1.29 is 14.3 Å². The number of ether oxygens (including phenoxy) is 1. The molecule has 0 aliphatic rings. The number of hydrogen-bond acceptors (Lipinski definition) is 3. The monoisotopic (exact) mass is 297 g/mol. The molecule has 4 nitrogen and oxygen atoms in total. The number of nitrogens with one attached hydrogen (secondary N) is 1. The average molecular weight is 298 g/mol. The van der Waals surface area contributed by atoms with Crippen LogP contribution in [0.3, 0.4) is 0 Å². The Kier molecular flexibility index (Phi) is 7.09. The minimum Gasteiger partial charge on any atom is -0.469 e. The normalized spacial score (nSPS) is 10.2. The van der Waals surface area contributed by atoms with Gasteiger partial charge in [-0.25, -0.2) is 0 Å². The van der Waals surface area contributed by atoms with Crippen LogP contribution in [0.5, 0.6) is 0 Å². The van der Waals surface area contributed by atoms with Gasteiger partial charge in [0.25, 0.3) is 5.91 Å². The van der Waals surface area contributed by atoms with Gasteiger partial charge < -0.3 is 10.1 Å². The third-order valence-corrected chi connectivity index (χ3v) is 3.25. The molecule has 20 heavy (non-hydrogen) atoms. The van der Waals surface area contributed by atoms with E-state index in [0.29, 0.717) is 23.6 Å². The average Bonchev–Trinajstić information content (AvgIpc) is 2.42. The predicted molar refractivity (Wildman–Crippen MR) is 79.0 cm³/mol. The molecule has 0 saturated carbocycles. The Balaban J connectivity index is 2.25. The van der Waals surface area contributed by atoms with Crippen LogP contribution >= 0.6 is 11.6 Å². The number of benzene rings is 1. The molecule has 1 aromatic rings. The molecule has 0 aliphatic carbocycles. The molecule has 1 rings (SSSR count). The summed E-state index contributed by atoms with van der Waals surface area (Å²) in [5.41, 5.74) is 1.51. The highest BCUT2D eigenvalue weighted by atomic mass is 35.5. The maximum Gasteiger partial charge on any atom is 0.305 e. The summed E-state index contributed by atoms with van der Waals surface area (Å²) in [5.74, 6) is -0.358. The van der Waals surface area contributed by atoms with Crippen molar-refractivity contribution in [2.24, 2.45) is 0 Å². The van der Waals surface area contributed by atoms with Gasteiger partial charge in [-0.1, -0.05) is 24.1 Å². The largest absolute Gasteiger partial charge is 0.469 e. The van der Waals surface area contributed by atoms with Crippen LogP contribution in [-0.4, -0.2) is 25.5 Å². The second-order valence-electron chi connectivity index (χ2n) is 4.63. The summed E-state index contributed by atoms with van der Waals surface area (Å²) < 4.78 is 4.55. The highest BCUT2D eigenvalue weighted by Gasteiger charge is 2.09. The van der Waals surface area contributed by atoms with E-state index in [1.807, 2.05) is 13.0 Å². The van der Waals surface area contributed by atoms with Crippen LogP contribution in [0.25, 0.3) is 0 Å². The molecule has 110 valence electrons. The molecule has 0 heterocycles. The zero-order valence-electron chi connectivity index (χ0n) is 11.9. The van der Waals surface area contributed by atoms with Gasteiger partial charge in [0.15, 0.2) is 0 Å². The lowest BCUT2D eigenvalue weighted by molar-refractivity contribution is -0.140. The molecule has 5 heteroatoms. The maximum absolute atomic E-state index is 11.9. The number of rotatable bonds is 7. The number of carbonyl (C=O) groups excluding carboxylic acids is 2. The predicted octanol–water partition coefficient (Wildman–Crippen LogP) is 3.11. The van der Waals surface area contributed by atoms with Gasteiger partial charge in [0.05, 0.1) is 17.7 Å². The number of halogens is 1. The molecule has 0 bridgehead atoms. The number of esters is 1. The molecule has 0 aliphatic heterocycles.